The average Bonchev–Trinajstić information content (AvgIpc) is 3.54. The topological polar surface area (TPSA) is 16.4 Å². The first-order chi connectivity index (χ1) is 19.8. The number of hydrogen-bond donors (Lipinski definition) is 0. The molecule has 2 heterocycles. The zero-order valence-corrected chi connectivity index (χ0v) is 22.6. The minimum atomic E-state index is 0.173. The van der Waals surface area contributed by atoms with Gasteiger partial charge < -0.3 is 9.32 Å². The number of hydrogen-bond acceptors (Lipinski definition) is 3. The minimum Gasteiger partial charge on any atom is -0.456 e. The van der Waals surface area contributed by atoms with Crippen LogP contribution in [0.1, 0.15) is 35.4 Å². The standard InChI is InChI=1S/C37H25NOS/c1-2-11-28-25(9-1)30-22-24(38-31-12-4-7-15-35(31)40-36-16-8-5-13-32(36)38)18-20-29(30)37(28)23-17-19-27-26-10-3-6-14-33(26)39-34(27)21-23/h1-7,9-15,17-22,37H,8,16H2. The molecule has 0 radical (unpaired) electrons. The summed E-state index contributed by atoms with van der Waals surface area (Å²) in [4.78, 5) is 5.25. The summed E-state index contributed by atoms with van der Waals surface area (Å²) >= 11 is 1.93. The summed E-state index contributed by atoms with van der Waals surface area (Å²) < 4.78 is 6.29. The van der Waals surface area contributed by atoms with Crippen LogP contribution in [0.15, 0.2) is 141 Å². The van der Waals surface area contributed by atoms with Gasteiger partial charge in [-0.15, -0.1) is 0 Å². The Bertz CT molecular complexity index is 2060. The maximum Gasteiger partial charge on any atom is 0.135 e. The van der Waals surface area contributed by atoms with Crippen molar-refractivity contribution in [2.45, 2.75) is 23.7 Å². The van der Waals surface area contributed by atoms with Gasteiger partial charge in [0, 0.05) is 32.2 Å². The largest absolute Gasteiger partial charge is 0.456 e. The van der Waals surface area contributed by atoms with E-state index in [-0.39, 0.29) is 5.92 Å². The highest BCUT2D eigenvalue weighted by molar-refractivity contribution is 8.03. The first kappa shape index (κ1) is 22.4. The predicted octanol–water partition coefficient (Wildman–Crippen LogP) is 10.6. The Kier molecular flexibility index (Phi) is 4.76. The van der Waals surface area contributed by atoms with Gasteiger partial charge in [-0.1, -0.05) is 90.6 Å². The zero-order chi connectivity index (χ0) is 26.2. The Morgan fingerprint density at radius 1 is 0.700 bits per heavy atom. The zero-order valence-electron chi connectivity index (χ0n) is 21.8. The quantitative estimate of drug-likeness (QED) is 0.221. The number of furan rings is 1. The van der Waals surface area contributed by atoms with E-state index < -0.39 is 0 Å². The Labute approximate surface area is 237 Å². The van der Waals surface area contributed by atoms with Crippen LogP contribution in [-0.2, 0) is 0 Å². The van der Waals surface area contributed by atoms with E-state index in [2.05, 4.69) is 120 Å². The van der Waals surface area contributed by atoms with E-state index in [1.807, 2.05) is 17.8 Å². The number of rotatable bonds is 2. The second kappa shape index (κ2) is 8.51. The summed E-state index contributed by atoms with van der Waals surface area (Å²) in [5.41, 5.74) is 12.3. The normalized spacial score (nSPS) is 17.2. The fourth-order valence-electron chi connectivity index (χ4n) is 6.81. The molecule has 1 aromatic heterocycles. The van der Waals surface area contributed by atoms with Crippen molar-refractivity contribution in [3.8, 4) is 11.1 Å². The molecule has 2 aliphatic carbocycles. The monoisotopic (exact) mass is 531 g/mol. The van der Waals surface area contributed by atoms with Crippen molar-refractivity contribution in [1.29, 1.82) is 0 Å². The molecule has 0 N–H and O–H groups in total. The average molecular weight is 532 g/mol. The van der Waals surface area contributed by atoms with Gasteiger partial charge in [0.2, 0.25) is 0 Å². The molecule has 1 unspecified atom stereocenters. The second-order valence-corrected chi connectivity index (χ2v) is 11.9. The molecule has 0 bridgehead atoms. The Morgan fingerprint density at radius 2 is 1.52 bits per heavy atom. The summed E-state index contributed by atoms with van der Waals surface area (Å²) in [5, 5.41) is 2.35. The van der Waals surface area contributed by atoms with Gasteiger partial charge in [-0.2, -0.15) is 0 Å². The lowest BCUT2D eigenvalue weighted by Gasteiger charge is -2.35. The van der Waals surface area contributed by atoms with Crippen LogP contribution in [0.3, 0.4) is 0 Å². The van der Waals surface area contributed by atoms with Crippen LogP contribution in [0, 0.1) is 0 Å². The van der Waals surface area contributed by atoms with E-state index in [0.29, 0.717) is 0 Å². The lowest BCUT2D eigenvalue weighted by molar-refractivity contribution is 0.668. The molecule has 0 saturated heterocycles. The maximum absolute atomic E-state index is 6.29. The minimum absolute atomic E-state index is 0.173. The van der Waals surface area contributed by atoms with Crippen molar-refractivity contribution in [1.82, 2.24) is 0 Å². The third-order valence-corrected chi connectivity index (χ3v) is 9.81. The van der Waals surface area contributed by atoms with Gasteiger partial charge in [-0.05, 0) is 83.1 Å². The van der Waals surface area contributed by atoms with Crippen molar-refractivity contribution in [3.05, 3.63) is 149 Å². The molecule has 0 spiro atoms. The van der Waals surface area contributed by atoms with Crippen LogP contribution in [0.25, 0.3) is 33.1 Å². The highest BCUT2D eigenvalue weighted by Crippen LogP contribution is 2.53. The first-order valence-electron chi connectivity index (χ1n) is 13.9. The fourth-order valence-corrected chi connectivity index (χ4v) is 7.97. The summed E-state index contributed by atoms with van der Waals surface area (Å²) in [5.74, 6) is 0.173. The number of nitrogens with zero attached hydrogens (tertiary/aromatic N) is 1. The van der Waals surface area contributed by atoms with Gasteiger partial charge in [0.05, 0.1) is 11.4 Å². The molecule has 0 fully saturated rings. The van der Waals surface area contributed by atoms with E-state index >= 15 is 0 Å². The van der Waals surface area contributed by atoms with Gasteiger partial charge in [0.1, 0.15) is 11.2 Å². The van der Waals surface area contributed by atoms with E-state index in [1.54, 1.807) is 0 Å². The van der Waals surface area contributed by atoms with Gasteiger partial charge in [-0.3, -0.25) is 0 Å². The second-order valence-electron chi connectivity index (χ2n) is 10.8. The van der Waals surface area contributed by atoms with E-state index in [0.717, 1.165) is 24.0 Å². The summed E-state index contributed by atoms with van der Waals surface area (Å²) in [7, 11) is 0. The number of anilines is 2. The van der Waals surface area contributed by atoms with E-state index in [4.69, 9.17) is 4.42 Å². The van der Waals surface area contributed by atoms with Gasteiger partial charge in [-0.25, -0.2) is 0 Å². The van der Waals surface area contributed by atoms with Gasteiger partial charge >= 0.3 is 0 Å². The molecule has 1 atom stereocenters. The molecule has 0 amide bonds. The molecule has 190 valence electrons. The predicted molar refractivity (Wildman–Crippen MR) is 166 cm³/mol. The Hall–Kier alpha value is -4.47. The van der Waals surface area contributed by atoms with Crippen LogP contribution in [0.2, 0.25) is 0 Å². The van der Waals surface area contributed by atoms with Crippen molar-refractivity contribution >= 4 is 45.1 Å². The van der Waals surface area contributed by atoms with E-state index in [9.17, 15) is 0 Å². The van der Waals surface area contributed by atoms with Crippen LogP contribution in [0.5, 0.6) is 0 Å². The Balaban J connectivity index is 1.22. The lowest BCUT2D eigenvalue weighted by atomic mass is 9.89. The number of allylic oxidation sites excluding steroid dienone is 3. The number of benzene rings is 5. The highest BCUT2D eigenvalue weighted by atomic mass is 32.2. The molecule has 3 aliphatic rings. The molecule has 6 aromatic rings. The molecular weight excluding hydrogens is 506 g/mol. The lowest BCUT2D eigenvalue weighted by Crippen LogP contribution is -2.21. The summed E-state index contributed by atoms with van der Waals surface area (Å²) in [6.45, 7) is 0. The third-order valence-electron chi connectivity index (χ3n) is 8.58. The molecule has 0 saturated carbocycles. The van der Waals surface area contributed by atoms with Crippen molar-refractivity contribution < 1.29 is 4.42 Å². The third kappa shape index (κ3) is 3.19. The van der Waals surface area contributed by atoms with Crippen LogP contribution in [0.4, 0.5) is 11.4 Å². The summed E-state index contributed by atoms with van der Waals surface area (Å²) in [6, 6.07) is 39.9. The van der Waals surface area contributed by atoms with E-state index in [1.165, 1.54) is 65.5 Å². The Morgan fingerprint density at radius 3 is 2.52 bits per heavy atom. The van der Waals surface area contributed by atoms with Crippen LogP contribution >= 0.6 is 11.8 Å². The molecule has 5 aromatic carbocycles. The van der Waals surface area contributed by atoms with Crippen molar-refractivity contribution in [2.24, 2.45) is 0 Å². The molecule has 1 aliphatic heterocycles. The van der Waals surface area contributed by atoms with Crippen LogP contribution < -0.4 is 4.90 Å². The molecule has 2 nitrogen and oxygen atoms in total. The highest BCUT2D eigenvalue weighted by Gasteiger charge is 2.32. The van der Waals surface area contributed by atoms with Gasteiger partial charge in [0.25, 0.3) is 0 Å². The van der Waals surface area contributed by atoms with Crippen molar-refractivity contribution in [2.75, 3.05) is 4.90 Å². The molecule has 3 heteroatoms. The number of thioether (sulfide) groups is 1. The first-order valence-corrected chi connectivity index (χ1v) is 14.8. The molecule has 40 heavy (non-hydrogen) atoms. The SMILES string of the molecule is C1=CC2=C(CC1)Sc1ccccc1N2c1ccc2c(c1)-c1ccccc1C2c1ccc2c(c1)oc1ccccc12. The number of fused-ring (bicyclic) bond motifs is 7. The van der Waals surface area contributed by atoms with Crippen molar-refractivity contribution in [3.63, 3.8) is 0 Å². The summed E-state index contributed by atoms with van der Waals surface area (Å²) in [6.07, 6.45) is 6.83. The van der Waals surface area contributed by atoms with Gasteiger partial charge in [0.15, 0.2) is 0 Å². The van der Waals surface area contributed by atoms with Crippen LogP contribution in [-0.4, -0.2) is 0 Å². The molecule has 9 rings (SSSR count). The fraction of sp³-hybridized carbons (Fsp3) is 0.0811. The number of para-hydroxylation sites is 2. The maximum atomic E-state index is 6.29. The smallest absolute Gasteiger partial charge is 0.135 e. The molecular formula is C37H25NOS.